The number of aromatic nitrogens is 2. The monoisotopic (exact) mass is 417 g/mol. The molecule has 0 N–H and O–H groups in total. The van der Waals surface area contributed by atoms with Crippen LogP contribution >= 0.6 is 0 Å². The standard InChI is InChI=1S/C21H21F2N3O2S/c1-15-12-24-21(26(15)13-16-5-7-18(22)8-6-16)17-9-10-25(14-17)29(27,28)20-4-2-3-19(23)11-20/h2-8,11-12,17H,9-10,13-14H2,1H3. The molecule has 0 radical (unpaired) electrons. The molecule has 2 heterocycles. The third-order valence-corrected chi connectivity index (χ3v) is 7.15. The summed E-state index contributed by atoms with van der Waals surface area (Å²) in [7, 11) is -3.76. The first kappa shape index (κ1) is 19.7. The van der Waals surface area contributed by atoms with E-state index in [1.54, 1.807) is 18.3 Å². The first-order valence-corrected chi connectivity index (χ1v) is 10.8. The molecule has 2 aromatic carbocycles. The van der Waals surface area contributed by atoms with Crippen molar-refractivity contribution in [1.82, 2.24) is 13.9 Å². The molecule has 29 heavy (non-hydrogen) atoms. The molecule has 5 nitrogen and oxygen atoms in total. The highest BCUT2D eigenvalue weighted by Crippen LogP contribution is 2.31. The van der Waals surface area contributed by atoms with Crippen LogP contribution in [-0.2, 0) is 16.6 Å². The van der Waals surface area contributed by atoms with Crippen LogP contribution in [0.4, 0.5) is 8.78 Å². The SMILES string of the molecule is Cc1cnc(C2CCN(S(=O)(=O)c3cccc(F)c3)C2)n1Cc1ccc(F)cc1. The fourth-order valence-corrected chi connectivity index (χ4v) is 5.25. The predicted molar refractivity (Wildman–Crippen MR) is 105 cm³/mol. The number of sulfonamides is 1. The lowest BCUT2D eigenvalue weighted by Crippen LogP contribution is -2.29. The lowest BCUT2D eigenvalue weighted by atomic mass is 10.1. The lowest BCUT2D eigenvalue weighted by Gasteiger charge is -2.18. The number of nitrogens with zero attached hydrogens (tertiary/aromatic N) is 3. The fourth-order valence-electron chi connectivity index (χ4n) is 3.72. The number of benzene rings is 2. The smallest absolute Gasteiger partial charge is 0.243 e. The Hall–Kier alpha value is -2.58. The van der Waals surface area contributed by atoms with Crippen LogP contribution in [0.3, 0.4) is 0 Å². The normalized spacial score (nSPS) is 17.7. The largest absolute Gasteiger partial charge is 0.328 e. The van der Waals surface area contributed by atoms with E-state index in [1.165, 1.54) is 34.6 Å². The highest BCUT2D eigenvalue weighted by molar-refractivity contribution is 7.89. The molecule has 1 aliphatic heterocycles. The fraction of sp³-hybridized carbons (Fsp3) is 0.286. The van der Waals surface area contributed by atoms with Gasteiger partial charge in [0.2, 0.25) is 10.0 Å². The van der Waals surface area contributed by atoms with Crippen molar-refractivity contribution in [2.45, 2.75) is 30.7 Å². The van der Waals surface area contributed by atoms with E-state index in [1.807, 2.05) is 11.5 Å². The van der Waals surface area contributed by atoms with Gasteiger partial charge in [0.15, 0.2) is 0 Å². The van der Waals surface area contributed by atoms with Crippen LogP contribution in [0, 0.1) is 18.6 Å². The zero-order valence-corrected chi connectivity index (χ0v) is 16.7. The highest BCUT2D eigenvalue weighted by Gasteiger charge is 2.35. The third kappa shape index (κ3) is 3.95. The molecule has 8 heteroatoms. The van der Waals surface area contributed by atoms with Crippen LogP contribution in [0.25, 0.3) is 0 Å². The van der Waals surface area contributed by atoms with Gasteiger partial charge in [0.1, 0.15) is 17.5 Å². The summed E-state index contributed by atoms with van der Waals surface area (Å²) in [6.07, 6.45) is 2.40. The van der Waals surface area contributed by atoms with Gasteiger partial charge in [-0.2, -0.15) is 4.31 Å². The maximum atomic E-state index is 13.5. The number of hydrogen-bond donors (Lipinski definition) is 0. The van der Waals surface area contributed by atoms with E-state index >= 15 is 0 Å². The van der Waals surface area contributed by atoms with Crippen LogP contribution in [0.15, 0.2) is 59.6 Å². The Balaban J connectivity index is 1.56. The van der Waals surface area contributed by atoms with E-state index in [-0.39, 0.29) is 16.6 Å². The lowest BCUT2D eigenvalue weighted by molar-refractivity contribution is 0.468. The Morgan fingerprint density at radius 1 is 1.10 bits per heavy atom. The van der Waals surface area contributed by atoms with Crippen LogP contribution in [0.5, 0.6) is 0 Å². The van der Waals surface area contributed by atoms with Gasteiger partial charge in [-0.25, -0.2) is 22.2 Å². The van der Waals surface area contributed by atoms with E-state index in [4.69, 9.17) is 0 Å². The van der Waals surface area contributed by atoms with Crippen molar-refractivity contribution in [2.75, 3.05) is 13.1 Å². The van der Waals surface area contributed by atoms with Gasteiger partial charge in [0.25, 0.3) is 0 Å². The van der Waals surface area contributed by atoms with Crippen molar-refractivity contribution >= 4 is 10.0 Å². The number of imidazole rings is 1. The third-order valence-electron chi connectivity index (χ3n) is 5.29. The molecule has 4 rings (SSSR count). The van der Waals surface area contributed by atoms with Gasteiger partial charge in [-0.05, 0) is 49.2 Å². The van der Waals surface area contributed by atoms with Crippen LogP contribution in [0.1, 0.15) is 29.4 Å². The summed E-state index contributed by atoms with van der Waals surface area (Å²) in [5.41, 5.74) is 1.90. The molecular weight excluding hydrogens is 396 g/mol. The maximum absolute atomic E-state index is 13.5. The van der Waals surface area contributed by atoms with Crippen molar-refractivity contribution in [3.8, 4) is 0 Å². The summed E-state index contributed by atoms with van der Waals surface area (Å²) in [5, 5.41) is 0. The summed E-state index contributed by atoms with van der Waals surface area (Å²) >= 11 is 0. The van der Waals surface area contributed by atoms with Gasteiger partial charge < -0.3 is 4.57 Å². The summed E-state index contributed by atoms with van der Waals surface area (Å²) in [5.74, 6) is -0.117. The molecule has 1 fully saturated rings. The number of rotatable bonds is 5. The summed E-state index contributed by atoms with van der Waals surface area (Å²) in [6, 6.07) is 11.4. The Bertz CT molecular complexity index is 1130. The molecule has 0 bridgehead atoms. The average molecular weight is 417 g/mol. The minimum atomic E-state index is -3.76. The number of hydrogen-bond acceptors (Lipinski definition) is 3. The summed E-state index contributed by atoms with van der Waals surface area (Å²) in [4.78, 5) is 4.48. The molecule has 3 aromatic rings. The van der Waals surface area contributed by atoms with Gasteiger partial charge >= 0.3 is 0 Å². The average Bonchev–Trinajstić information content (AvgIpc) is 3.31. The molecule has 0 saturated carbocycles. The van der Waals surface area contributed by atoms with Gasteiger partial charge in [0.05, 0.1) is 4.90 Å². The minimum Gasteiger partial charge on any atom is -0.328 e. The topological polar surface area (TPSA) is 55.2 Å². The maximum Gasteiger partial charge on any atom is 0.243 e. The number of halogens is 2. The second kappa shape index (κ2) is 7.68. The van der Waals surface area contributed by atoms with E-state index in [0.29, 0.717) is 26.1 Å². The van der Waals surface area contributed by atoms with E-state index in [0.717, 1.165) is 23.1 Å². The Morgan fingerprint density at radius 3 is 2.59 bits per heavy atom. The van der Waals surface area contributed by atoms with Crippen LogP contribution < -0.4 is 0 Å². The van der Waals surface area contributed by atoms with E-state index < -0.39 is 15.8 Å². The van der Waals surface area contributed by atoms with Crippen molar-refractivity contribution in [2.24, 2.45) is 0 Å². The predicted octanol–water partition coefficient (Wildman–Crippen LogP) is 3.70. The molecule has 1 unspecified atom stereocenters. The second-order valence-corrected chi connectivity index (χ2v) is 9.21. The molecule has 0 spiro atoms. The molecule has 0 aliphatic carbocycles. The van der Waals surface area contributed by atoms with Crippen molar-refractivity contribution in [1.29, 1.82) is 0 Å². The van der Waals surface area contributed by atoms with Crippen molar-refractivity contribution < 1.29 is 17.2 Å². The first-order chi connectivity index (χ1) is 13.8. The molecule has 1 aliphatic rings. The zero-order chi connectivity index (χ0) is 20.6. The van der Waals surface area contributed by atoms with Crippen molar-refractivity contribution in [3.05, 3.63) is 83.4 Å². The van der Waals surface area contributed by atoms with Gasteiger partial charge in [0, 0.05) is 37.4 Å². The minimum absolute atomic E-state index is 0.0380. The van der Waals surface area contributed by atoms with Gasteiger partial charge in [-0.15, -0.1) is 0 Å². The second-order valence-electron chi connectivity index (χ2n) is 7.28. The van der Waals surface area contributed by atoms with Gasteiger partial charge in [-0.1, -0.05) is 18.2 Å². The molecule has 152 valence electrons. The molecule has 0 amide bonds. The zero-order valence-electron chi connectivity index (χ0n) is 15.9. The van der Waals surface area contributed by atoms with E-state index in [9.17, 15) is 17.2 Å². The molecule has 1 saturated heterocycles. The quantitative estimate of drug-likeness (QED) is 0.636. The molecule has 1 atom stereocenters. The van der Waals surface area contributed by atoms with Crippen LogP contribution in [0.2, 0.25) is 0 Å². The van der Waals surface area contributed by atoms with Crippen molar-refractivity contribution in [3.63, 3.8) is 0 Å². The Morgan fingerprint density at radius 2 is 1.86 bits per heavy atom. The molecular formula is C21H21F2N3O2S. The first-order valence-electron chi connectivity index (χ1n) is 9.37. The summed E-state index contributed by atoms with van der Waals surface area (Å²) in [6.45, 7) is 3.12. The summed E-state index contributed by atoms with van der Waals surface area (Å²) < 4.78 is 55.9. The molecule has 1 aromatic heterocycles. The Kier molecular flexibility index (Phi) is 5.23. The van der Waals surface area contributed by atoms with E-state index in [2.05, 4.69) is 4.98 Å². The Labute approximate surface area is 168 Å². The van der Waals surface area contributed by atoms with Gasteiger partial charge in [-0.3, -0.25) is 0 Å². The number of aryl methyl sites for hydroxylation is 1. The highest BCUT2D eigenvalue weighted by atomic mass is 32.2. The van der Waals surface area contributed by atoms with Crippen LogP contribution in [-0.4, -0.2) is 35.4 Å².